The first-order chi connectivity index (χ1) is 9.66. The summed E-state index contributed by atoms with van der Waals surface area (Å²) in [7, 11) is -3.40. The predicted octanol–water partition coefficient (Wildman–Crippen LogP) is 0.369. The van der Waals surface area contributed by atoms with E-state index >= 15 is 0 Å². The second-order valence-electron chi connectivity index (χ2n) is 5.76. The summed E-state index contributed by atoms with van der Waals surface area (Å²) >= 11 is 1.48. The molecule has 9 heteroatoms. The number of carbonyl (C=O) groups is 2. The Labute approximate surface area is 128 Å². The third-order valence-corrected chi connectivity index (χ3v) is 6.69. The lowest BCUT2D eigenvalue weighted by Crippen LogP contribution is -2.61. The van der Waals surface area contributed by atoms with Gasteiger partial charge in [-0.3, -0.25) is 0 Å². The third-order valence-electron chi connectivity index (χ3n) is 4.04. The Balaban J connectivity index is 2.16. The van der Waals surface area contributed by atoms with Crippen LogP contribution >= 0.6 is 11.8 Å². The van der Waals surface area contributed by atoms with Gasteiger partial charge in [0, 0.05) is 24.3 Å². The lowest BCUT2D eigenvalue weighted by molar-refractivity contribution is -0.144. The standard InChI is InChI=1S/C12H20N2O5S2/c1-12(10(15)16,8-3-4-8)13-11(17)14-5-6-20-7-9(14)21(2,18)19/h8-9H,3-7H2,1-2H3,(H,13,17)(H,15,16). The van der Waals surface area contributed by atoms with Crippen LogP contribution in [0.15, 0.2) is 0 Å². The number of carboxylic acid groups (broad SMARTS) is 1. The average molecular weight is 336 g/mol. The second-order valence-corrected chi connectivity index (χ2v) is 9.12. The summed E-state index contributed by atoms with van der Waals surface area (Å²) in [5.74, 6) is -0.206. The Morgan fingerprint density at radius 3 is 2.48 bits per heavy atom. The summed E-state index contributed by atoms with van der Waals surface area (Å²) < 4.78 is 23.6. The van der Waals surface area contributed by atoms with E-state index in [0.29, 0.717) is 18.1 Å². The van der Waals surface area contributed by atoms with Gasteiger partial charge in [0.2, 0.25) is 0 Å². The van der Waals surface area contributed by atoms with Crippen LogP contribution in [0.25, 0.3) is 0 Å². The number of amides is 2. The molecule has 0 aromatic carbocycles. The Morgan fingerprint density at radius 1 is 1.38 bits per heavy atom. The molecule has 2 unspecified atom stereocenters. The molecule has 2 fully saturated rings. The molecule has 0 radical (unpaired) electrons. The molecule has 1 aliphatic heterocycles. The molecule has 0 spiro atoms. The second kappa shape index (κ2) is 5.68. The maximum atomic E-state index is 12.4. The van der Waals surface area contributed by atoms with E-state index in [1.807, 2.05) is 0 Å². The van der Waals surface area contributed by atoms with E-state index in [4.69, 9.17) is 0 Å². The molecule has 2 aliphatic rings. The number of nitrogens with zero attached hydrogens (tertiary/aromatic N) is 1. The minimum Gasteiger partial charge on any atom is -0.480 e. The van der Waals surface area contributed by atoms with Gasteiger partial charge in [0.05, 0.1) is 0 Å². The molecule has 2 atom stereocenters. The lowest BCUT2D eigenvalue weighted by Gasteiger charge is -2.37. The van der Waals surface area contributed by atoms with Crippen molar-refractivity contribution in [2.75, 3.05) is 24.3 Å². The topological polar surface area (TPSA) is 104 Å². The van der Waals surface area contributed by atoms with E-state index in [0.717, 1.165) is 19.1 Å². The summed E-state index contributed by atoms with van der Waals surface area (Å²) in [6.45, 7) is 1.79. The van der Waals surface area contributed by atoms with Crippen molar-refractivity contribution in [3.8, 4) is 0 Å². The number of thioether (sulfide) groups is 1. The normalized spacial score (nSPS) is 26.0. The van der Waals surface area contributed by atoms with E-state index in [-0.39, 0.29) is 5.92 Å². The Kier molecular flexibility index (Phi) is 4.44. The van der Waals surface area contributed by atoms with Crippen LogP contribution in [0.3, 0.4) is 0 Å². The van der Waals surface area contributed by atoms with Crippen LogP contribution in [-0.4, -0.2) is 65.6 Å². The minimum atomic E-state index is -3.40. The molecule has 2 rings (SSSR count). The van der Waals surface area contributed by atoms with Crippen LogP contribution in [0.2, 0.25) is 0 Å². The van der Waals surface area contributed by atoms with Gasteiger partial charge in [0.1, 0.15) is 10.9 Å². The summed E-state index contributed by atoms with van der Waals surface area (Å²) in [4.78, 5) is 25.1. The van der Waals surface area contributed by atoms with Gasteiger partial charge >= 0.3 is 12.0 Å². The van der Waals surface area contributed by atoms with Gasteiger partial charge in [-0.25, -0.2) is 18.0 Å². The van der Waals surface area contributed by atoms with Crippen LogP contribution in [-0.2, 0) is 14.6 Å². The summed E-state index contributed by atoms with van der Waals surface area (Å²) in [6.07, 6.45) is 2.62. The molecular weight excluding hydrogens is 316 g/mol. The van der Waals surface area contributed by atoms with Crippen molar-refractivity contribution >= 4 is 33.6 Å². The molecule has 7 nitrogen and oxygen atoms in total. The quantitative estimate of drug-likeness (QED) is 0.769. The van der Waals surface area contributed by atoms with Gasteiger partial charge in [-0.1, -0.05) is 0 Å². The summed E-state index contributed by atoms with van der Waals surface area (Å²) in [5.41, 5.74) is -1.33. The van der Waals surface area contributed by atoms with Crippen LogP contribution in [0.4, 0.5) is 4.79 Å². The molecule has 0 aromatic rings. The van der Waals surface area contributed by atoms with Crippen molar-refractivity contribution in [3.05, 3.63) is 0 Å². The van der Waals surface area contributed by atoms with Crippen molar-refractivity contribution in [1.29, 1.82) is 0 Å². The molecule has 2 amide bonds. The van der Waals surface area contributed by atoms with Crippen LogP contribution in [0.5, 0.6) is 0 Å². The molecule has 1 heterocycles. The fraction of sp³-hybridized carbons (Fsp3) is 0.833. The average Bonchev–Trinajstić information content (AvgIpc) is 3.21. The molecule has 1 aliphatic carbocycles. The highest BCUT2D eigenvalue weighted by Crippen LogP contribution is 2.40. The smallest absolute Gasteiger partial charge is 0.329 e. The van der Waals surface area contributed by atoms with Crippen LogP contribution in [0.1, 0.15) is 19.8 Å². The Hall–Kier alpha value is -0.960. The molecule has 2 N–H and O–H groups in total. The fourth-order valence-corrected chi connectivity index (χ4v) is 5.27. The lowest BCUT2D eigenvalue weighted by atomic mass is 9.96. The van der Waals surface area contributed by atoms with Gasteiger partial charge in [-0.05, 0) is 25.7 Å². The zero-order chi connectivity index (χ0) is 15.8. The number of carbonyl (C=O) groups excluding carboxylic acids is 1. The first-order valence-corrected chi connectivity index (χ1v) is 9.86. The SMILES string of the molecule is CC(NC(=O)N1CCSCC1S(C)(=O)=O)(C(=O)O)C1CC1. The largest absolute Gasteiger partial charge is 0.480 e. The van der Waals surface area contributed by atoms with Crippen molar-refractivity contribution in [2.45, 2.75) is 30.7 Å². The van der Waals surface area contributed by atoms with E-state index in [1.54, 1.807) is 0 Å². The van der Waals surface area contributed by atoms with Gasteiger partial charge in [0.25, 0.3) is 0 Å². The number of hydrogen-bond acceptors (Lipinski definition) is 5. The van der Waals surface area contributed by atoms with Crippen molar-refractivity contribution in [3.63, 3.8) is 0 Å². The molecule has 0 aromatic heterocycles. The van der Waals surface area contributed by atoms with E-state index in [1.165, 1.54) is 23.6 Å². The van der Waals surface area contributed by atoms with Crippen LogP contribution in [0, 0.1) is 5.92 Å². The number of aliphatic carboxylic acids is 1. The Bertz CT molecular complexity index is 546. The first-order valence-electron chi connectivity index (χ1n) is 6.75. The van der Waals surface area contributed by atoms with Gasteiger partial charge in [0.15, 0.2) is 9.84 Å². The van der Waals surface area contributed by atoms with Crippen molar-refractivity contribution in [1.82, 2.24) is 10.2 Å². The molecular formula is C12H20N2O5S2. The number of carboxylic acids is 1. The first kappa shape index (κ1) is 16.4. The minimum absolute atomic E-state index is 0.0881. The highest BCUT2D eigenvalue weighted by Gasteiger charge is 2.50. The number of nitrogens with one attached hydrogen (secondary N) is 1. The summed E-state index contributed by atoms with van der Waals surface area (Å²) in [5, 5.41) is 11.0. The van der Waals surface area contributed by atoms with Crippen molar-refractivity contribution in [2.24, 2.45) is 5.92 Å². The highest BCUT2D eigenvalue weighted by molar-refractivity contribution is 8.00. The van der Waals surface area contributed by atoms with Gasteiger partial charge in [-0.2, -0.15) is 11.8 Å². The molecule has 1 saturated carbocycles. The predicted molar refractivity (Wildman–Crippen MR) is 80.0 cm³/mol. The monoisotopic (exact) mass is 336 g/mol. The molecule has 0 bridgehead atoms. The number of sulfone groups is 1. The fourth-order valence-electron chi connectivity index (χ4n) is 2.45. The maximum absolute atomic E-state index is 12.4. The van der Waals surface area contributed by atoms with Crippen molar-refractivity contribution < 1.29 is 23.1 Å². The number of urea groups is 1. The van der Waals surface area contributed by atoms with Gasteiger partial charge in [-0.15, -0.1) is 0 Å². The van der Waals surface area contributed by atoms with E-state index < -0.39 is 32.8 Å². The number of hydrogen-bond donors (Lipinski definition) is 2. The molecule has 21 heavy (non-hydrogen) atoms. The van der Waals surface area contributed by atoms with Crippen LogP contribution < -0.4 is 5.32 Å². The highest BCUT2D eigenvalue weighted by atomic mass is 32.2. The van der Waals surface area contributed by atoms with E-state index in [2.05, 4.69) is 5.32 Å². The molecule has 120 valence electrons. The zero-order valence-electron chi connectivity index (χ0n) is 12.0. The third kappa shape index (κ3) is 3.45. The maximum Gasteiger partial charge on any atom is 0.329 e. The zero-order valence-corrected chi connectivity index (χ0v) is 13.7. The summed E-state index contributed by atoms with van der Waals surface area (Å²) in [6, 6.07) is -0.609. The van der Waals surface area contributed by atoms with E-state index in [9.17, 15) is 23.1 Å². The Morgan fingerprint density at radius 2 is 2.00 bits per heavy atom. The molecule has 1 saturated heterocycles. The number of rotatable bonds is 4. The van der Waals surface area contributed by atoms with Gasteiger partial charge < -0.3 is 15.3 Å².